The SMILES string of the molecule is Cc1cc(C(=O)C(C)(F)F)cc(C)c1F. The van der Waals surface area contributed by atoms with Gasteiger partial charge in [0.05, 0.1) is 0 Å². The first-order valence-corrected chi connectivity index (χ1v) is 4.43. The van der Waals surface area contributed by atoms with Gasteiger partial charge in [-0.25, -0.2) is 4.39 Å². The molecule has 0 unspecified atom stereocenters. The number of alkyl halides is 2. The van der Waals surface area contributed by atoms with Crippen molar-refractivity contribution >= 4 is 5.78 Å². The normalized spacial score (nSPS) is 11.6. The number of carbonyl (C=O) groups excluding carboxylic acids is 1. The lowest BCUT2D eigenvalue weighted by atomic mass is 10.0. The van der Waals surface area contributed by atoms with Crippen LogP contribution in [0.15, 0.2) is 12.1 Å². The molecule has 0 N–H and O–H groups in total. The first-order chi connectivity index (χ1) is 6.73. The van der Waals surface area contributed by atoms with Crippen LogP contribution in [-0.4, -0.2) is 11.7 Å². The highest BCUT2D eigenvalue weighted by Gasteiger charge is 2.33. The highest BCUT2D eigenvalue weighted by Crippen LogP contribution is 2.22. The summed E-state index contributed by atoms with van der Waals surface area (Å²) in [6.45, 7) is 3.41. The van der Waals surface area contributed by atoms with Crippen LogP contribution in [0, 0.1) is 19.7 Å². The van der Waals surface area contributed by atoms with Gasteiger partial charge in [-0.2, -0.15) is 8.78 Å². The molecular formula is C11H11F3O. The summed E-state index contributed by atoms with van der Waals surface area (Å²) in [7, 11) is 0. The molecule has 0 aliphatic rings. The first kappa shape index (κ1) is 11.8. The second-order valence-electron chi connectivity index (χ2n) is 3.64. The Labute approximate surface area is 85.9 Å². The van der Waals surface area contributed by atoms with Crippen LogP contribution in [0.25, 0.3) is 0 Å². The van der Waals surface area contributed by atoms with Crippen molar-refractivity contribution in [3.8, 4) is 0 Å². The minimum absolute atomic E-state index is 0.154. The molecular weight excluding hydrogens is 205 g/mol. The highest BCUT2D eigenvalue weighted by molar-refractivity contribution is 6.01. The Hall–Kier alpha value is -1.32. The van der Waals surface area contributed by atoms with E-state index >= 15 is 0 Å². The maximum Gasteiger partial charge on any atom is 0.307 e. The van der Waals surface area contributed by atoms with Crippen molar-refractivity contribution in [1.29, 1.82) is 0 Å². The molecule has 0 aromatic heterocycles. The fraction of sp³-hybridized carbons (Fsp3) is 0.364. The maximum atomic E-state index is 13.2. The first-order valence-electron chi connectivity index (χ1n) is 4.43. The maximum absolute atomic E-state index is 13.2. The van der Waals surface area contributed by atoms with Crippen LogP contribution >= 0.6 is 0 Å². The molecule has 0 fully saturated rings. The Bertz CT molecular complexity index is 382. The van der Waals surface area contributed by atoms with Gasteiger partial charge in [0.15, 0.2) is 0 Å². The summed E-state index contributed by atoms with van der Waals surface area (Å²) in [5.74, 6) is -5.17. The topological polar surface area (TPSA) is 17.1 Å². The van der Waals surface area contributed by atoms with Crippen molar-refractivity contribution in [2.24, 2.45) is 0 Å². The van der Waals surface area contributed by atoms with E-state index in [1.807, 2.05) is 0 Å². The molecule has 1 aromatic rings. The largest absolute Gasteiger partial charge is 0.307 e. The molecule has 0 amide bonds. The van der Waals surface area contributed by atoms with Crippen LogP contribution in [0.3, 0.4) is 0 Å². The molecule has 1 rings (SSSR count). The zero-order valence-corrected chi connectivity index (χ0v) is 8.70. The van der Waals surface area contributed by atoms with Gasteiger partial charge in [-0.15, -0.1) is 0 Å². The number of ketones is 1. The number of aryl methyl sites for hydroxylation is 2. The van der Waals surface area contributed by atoms with E-state index < -0.39 is 17.5 Å². The van der Waals surface area contributed by atoms with Gasteiger partial charge in [-0.3, -0.25) is 4.79 Å². The standard InChI is InChI=1S/C11H11F3O/c1-6-4-8(5-7(2)9(6)12)10(15)11(3,13)14/h4-5H,1-3H3. The summed E-state index contributed by atoms with van der Waals surface area (Å²) in [5, 5.41) is 0. The fourth-order valence-corrected chi connectivity index (χ4v) is 1.33. The zero-order valence-electron chi connectivity index (χ0n) is 8.70. The third kappa shape index (κ3) is 2.37. The van der Waals surface area contributed by atoms with Crippen molar-refractivity contribution in [3.63, 3.8) is 0 Å². The number of benzene rings is 1. The second kappa shape index (κ2) is 3.68. The Balaban J connectivity index is 3.24. The fourth-order valence-electron chi connectivity index (χ4n) is 1.33. The van der Waals surface area contributed by atoms with Gasteiger partial charge in [0.1, 0.15) is 5.82 Å². The molecule has 0 aliphatic heterocycles. The van der Waals surface area contributed by atoms with E-state index in [0.29, 0.717) is 6.92 Å². The molecule has 1 nitrogen and oxygen atoms in total. The number of halogens is 3. The lowest BCUT2D eigenvalue weighted by Crippen LogP contribution is -2.24. The molecule has 0 heterocycles. The molecule has 0 saturated heterocycles. The lowest BCUT2D eigenvalue weighted by Gasteiger charge is -2.10. The van der Waals surface area contributed by atoms with Crippen LogP contribution in [0.5, 0.6) is 0 Å². The molecule has 0 radical (unpaired) electrons. The van der Waals surface area contributed by atoms with Gasteiger partial charge in [0.2, 0.25) is 5.78 Å². The van der Waals surface area contributed by atoms with E-state index in [0.717, 1.165) is 12.1 Å². The Morgan fingerprint density at radius 3 is 1.93 bits per heavy atom. The quantitative estimate of drug-likeness (QED) is 0.693. The Morgan fingerprint density at radius 1 is 1.20 bits per heavy atom. The van der Waals surface area contributed by atoms with E-state index in [-0.39, 0.29) is 16.7 Å². The monoisotopic (exact) mass is 216 g/mol. The Morgan fingerprint density at radius 2 is 1.60 bits per heavy atom. The number of hydrogen-bond donors (Lipinski definition) is 0. The van der Waals surface area contributed by atoms with E-state index in [1.54, 1.807) is 0 Å². The van der Waals surface area contributed by atoms with Gasteiger partial charge < -0.3 is 0 Å². The zero-order chi connectivity index (χ0) is 11.8. The van der Waals surface area contributed by atoms with Gasteiger partial charge >= 0.3 is 5.92 Å². The number of Topliss-reactive ketones (excluding diaryl/α,β-unsaturated/α-hetero) is 1. The van der Waals surface area contributed by atoms with E-state index in [2.05, 4.69) is 0 Å². The van der Waals surface area contributed by atoms with Crippen LogP contribution < -0.4 is 0 Å². The van der Waals surface area contributed by atoms with E-state index in [1.165, 1.54) is 13.8 Å². The third-order valence-electron chi connectivity index (χ3n) is 2.10. The van der Waals surface area contributed by atoms with Crippen LogP contribution in [-0.2, 0) is 0 Å². The number of hydrogen-bond acceptors (Lipinski definition) is 1. The van der Waals surface area contributed by atoms with Crippen molar-refractivity contribution in [3.05, 3.63) is 34.6 Å². The molecule has 0 saturated carbocycles. The van der Waals surface area contributed by atoms with Crippen molar-refractivity contribution in [2.45, 2.75) is 26.7 Å². The lowest BCUT2D eigenvalue weighted by molar-refractivity contribution is 0.0221. The van der Waals surface area contributed by atoms with Gasteiger partial charge in [-0.05, 0) is 37.1 Å². The third-order valence-corrected chi connectivity index (χ3v) is 2.10. The van der Waals surface area contributed by atoms with Gasteiger partial charge in [0.25, 0.3) is 0 Å². The summed E-state index contributed by atoms with van der Waals surface area (Å²) < 4.78 is 38.6. The molecule has 0 aliphatic carbocycles. The van der Waals surface area contributed by atoms with Crippen LogP contribution in [0.4, 0.5) is 13.2 Å². The molecule has 15 heavy (non-hydrogen) atoms. The summed E-state index contributed by atoms with van der Waals surface area (Å²) >= 11 is 0. The average Bonchev–Trinajstić information content (AvgIpc) is 2.10. The highest BCUT2D eigenvalue weighted by atomic mass is 19.3. The van der Waals surface area contributed by atoms with Crippen molar-refractivity contribution in [1.82, 2.24) is 0 Å². The molecule has 0 bridgehead atoms. The average molecular weight is 216 g/mol. The summed E-state index contributed by atoms with van der Waals surface area (Å²) in [6, 6.07) is 2.28. The summed E-state index contributed by atoms with van der Waals surface area (Å²) in [5.41, 5.74) is 0.240. The molecule has 1 aromatic carbocycles. The number of rotatable bonds is 2. The second-order valence-corrected chi connectivity index (χ2v) is 3.64. The molecule has 82 valence electrons. The molecule has 4 heteroatoms. The van der Waals surface area contributed by atoms with E-state index in [9.17, 15) is 18.0 Å². The van der Waals surface area contributed by atoms with Crippen LogP contribution in [0.2, 0.25) is 0 Å². The summed E-state index contributed by atoms with van der Waals surface area (Å²) in [6.07, 6.45) is 0. The Kier molecular flexibility index (Phi) is 2.88. The van der Waals surface area contributed by atoms with Crippen molar-refractivity contribution in [2.75, 3.05) is 0 Å². The van der Waals surface area contributed by atoms with Gasteiger partial charge in [0, 0.05) is 12.5 Å². The predicted octanol–water partition coefficient (Wildman–Crippen LogP) is 3.28. The number of carbonyl (C=O) groups is 1. The summed E-state index contributed by atoms with van der Waals surface area (Å²) in [4.78, 5) is 11.2. The smallest absolute Gasteiger partial charge is 0.287 e. The predicted molar refractivity (Wildman–Crippen MR) is 50.8 cm³/mol. The van der Waals surface area contributed by atoms with Crippen molar-refractivity contribution < 1.29 is 18.0 Å². The van der Waals surface area contributed by atoms with Crippen LogP contribution in [0.1, 0.15) is 28.4 Å². The minimum atomic E-state index is -3.42. The van der Waals surface area contributed by atoms with E-state index in [4.69, 9.17) is 0 Å². The van der Waals surface area contributed by atoms with Gasteiger partial charge in [-0.1, -0.05) is 0 Å². The molecule has 0 atom stereocenters. The minimum Gasteiger partial charge on any atom is -0.287 e. The molecule has 0 spiro atoms.